The first kappa shape index (κ1) is 37.5. The van der Waals surface area contributed by atoms with Crippen LogP contribution < -0.4 is 15.8 Å². The van der Waals surface area contributed by atoms with E-state index in [9.17, 15) is 9.59 Å². The number of rotatable bonds is 21. The molecule has 0 aliphatic carbocycles. The SMILES string of the molecule is CCCCCCCCCCCCCCCCCCN1CCN(c2ccc(Cl)c(Nc3cc(=O)n(-c4c(Cl)cc(Cl)cc4Cl)[nH]3)c2)C1=O. The molecule has 1 saturated heterocycles. The lowest BCUT2D eigenvalue weighted by molar-refractivity contribution is 0.219. The molecule has 0 saturated carbocycles. The minimum Gasteiger partial charge on any atom is -0.339 e. The summed E-state index contributed by atoms with van der Waals surface area (Å²) in [6, 6.07) is 9.81. The molecule has 1 aliphatic rings. The van der Waals surface area contributed by atoms with Crippen LogP contribution in [0.5, 0.6) is 0 Å². The Labute approximate surface area is 299 Å². The number of urea groups is 1. The van der Waals surface area contributed by atoms with Crippen LogP contribution in [0.1, 0.15) is 110 Å². The van der Waals surface area contributed by atoms with Crippen molar-refractivity contribution in [1.82, 2.24) is 14.7 Å². The molecule has 1 fully saturated rings. The maximum Gasteiger partial charge on any atom is 0.324 e. The molecule has 0 unspecified atom stereocenters. The zero-order chi connectivity index (χ0) is 33.6. The third-order valence-electron chi connectivity index (χ3n) is 8.83. The van der Waals surface area contributed by atoms with Crippen molar-refractivity contribution in [2.45, 2.75) is 110 Å². The van der Waals surface area contributed by atoms with Gasteiger partial charge in [0.2, 0.25) is 0 Å². The summed E-state index contributed by atoms with van der Waals surface area (Å²) in [7, 11) is 0. The minimum absolute atomic E-state index is 0.00538. The first-order chi connectivity index (χ1) is 22.8. The molecule has 1 aromatic heterocycles. The van der Waals surface area contributed by atoms with Crippen LogP contribution >= 0.6 is 46.4 Å². The summed E-state index contributed by atoms with van der Waals surface area (Å²) in [5.41, 5.74) is 1.21. The first-order valence-corrected chi connectivity index (χ1v) is 18.9. The van der Waals surface area contributed by atoms with Crippen molar-refractivity contribution in [3.63, 3.8) is 0 Å². The van der Waals surface area contributed by atoms with E-state index in [0.717, 1.165) is 25.1 Å². The molecule has 47 heavy (non-hydrogen) atoms. The number of H-pyrrole nitrogens is 1. The van der Waals surface area contributed by atoms with Gasteiger partial charge in [-0.1, -0.05) is 150 Å². The number of nitrogens with one attached hydrogen (secondary N) is 2. The largest absolute Gasteiger partial charge is 0.339 e. The molecule has 0 atom stereocenters. The third kappa shape index (κ3) is 11.4. The molecule has 11 heteroatoms. The van der Waals surface area contributed by atoms with Gasteiger partial charge in [-0.15, -0.1) is 0 Å². The number of halogens is 4. The Balaban J connectivity index is 1.16. The highest BCUT2D eigenvalue weighted by atomic mass is 35.5. The average Bonchev–Trinajstić information content (AvgIpc) is 3.58. The molecule has 3 aromatic rings. The topological polar surface area (TPSA) is 73.4 Å². The molecular formula is C36H49Cl4N5O2. The zero-order valence-electron chi connectivity index (χ0n) is 27.6. The van der Waals surface area contributed by atoms with Gasteiger partial charge in [0, 0.05) is 36.4 Å². The number of aromatic amines is 1. The molecule has 0 bridgehead atoms. The molecule has 4 rings (SSSR count). The molecule has 0 spiro atoms. The summed E-state index contributed by atoms with van der Waals surface area (Å²) in [6.07, 6.45) is 21.3. The van der Waals surface area contributed by atoms with E-state index in [1.807, 2.05) is 17.0 Å². The van der Waals surface area contributed by atoms with Gasteiger partial charge in [0.15, 0.2) is 0 Å². The highest BCUT2D eigenvalue weighted by molar-refractivity contribution is 6.40. The average molecular weight is 726 g/mol. The van der Waals surface area contributed by atoms with Gasteiger partial charge in [0.25, 0.3) is 5.56 Å². The van der Waals surface area contributed by atoms with Crippen LogP contribution in [0.3, 0.4) is 0 Å². The molecule has 7 nitrogen and oxygen atoms in total. The number of amides is 2. The van der Waals surface area contributed by atoms with E-state index in [1.54, 1.807) is 11.0 Å². The van der Waals surface area contributed by atoms with Crippen LogP contribution in [0.4, 0.5) is 22.0 Å². The Bertz CT molecular complexity index is 1470. The highest BCUT2D eigenvalue weighted by Crippen LogP contribution is 2.33. The molecule has 1 aliphatic heterocycles. The quantitative estimate of drug-likeness (QED) is 0.107. The number of anilines is 3. The number of hydrogen-bond acceptors (Lipinski definition) is 3. The molecule has 2 heterocycles. The molecule has 2 amide bonds. The Morgan fingerprint density at radius 3 is 1.81 bits per heavy atom. The van der Waals surface area contributed by atoms with E-state index in [4.69, 9.17) is 46.4 Å². The molecule has 258 valence electrons. The van der Waals surface area contributed by atoms with E-state index in [1.165, 1.54) is 113 Å². The van der Waals surface area contributed by atoms with Gasteiger partial charge in [-0.3, -0.25) is 14.8 Å². The van der Waals surface area contributed by atoms with Crippen molar-refractivity contribution in [3.05, 3.63) is 66.8 Å². The number of aromatic nitrogens is 2. The van der Waals surface area contributed by atoms with Crippen molar-refractivity contribution < 1.29 is 4.79 Å². The zero-order valence-corrected chi connectivity index (χ0v) is 30.6. The Morgan fingerprint density at radius 1 is 0.681 bits per heavy atom. The number of hydrogen-bond donors (Lipinski definition) is 2. The summed E-state index contributed by atoms with van der Waals surface area (Å²) in [5, 5.41) is 7.41. The minimum atomic E-state index is -0.370. The number of nitrogens with zero attached hydrogens (tertiary/aromatic N) is 3. The van der Waals surface area contributed by atoms with Crippen molar-refractivity contribution in [1.29, 1.82) is 0 Å². The first-order valence-electron chi connectivity index (χ1n) is 17.4. The number of benzene rings is 2. The van der Waals surface area contributed by atoms with Crippen molar-refractivity contribution in [2.75, 3.05) is 29.9 Å². The van der Waals surface area contributed by atoms with Gasteiger partial charge >= 0.3 is 6.03 Å². The lowest BCUT2D eigenvalue weighted by atomic mass is 10.0. The number of carbonyl (C=O) groups excluding carboxylic acids is 1. The summed E-state index contributed by atoms with van der Waals surface area (Å²) >= 11 is 25.2. The third-order valence-corrected chi connectivity index (χ3v) is 9.96. The monoisotopic (exact) mass is 723 g/mol. The Kier molecular flexibility index (Phi) is 15.7. The maximum atomic E-state index is 13.3. The number of unbranched alkanes of at least 4 members (excludes halogenated alkanes) is 15. The maximum absolute atomic E-state index is 13.3. The van der Waals surface area contributed by atoms with E-state index in [0.29, 0.717) is 40.3 Å². The van der Waals surface area contributed by atoms with Crippen LogP contribution in [0.25, 0.3) is 5.69 Å². The van der Waals surface area contributed by atoms with E-state index >= 15 is 0 Å². The smallest absolute Gasteiger partial charge is 0.324 e. The van der Waals surface area contributed by atoms with Crippen molar-refractivity contribution in [3.8, 4) is 5.69 Å². The fourth-order valence-corrected chi connectivity index (χ4v) is 7.33. The summed E-state index contributed by atoms with van der Waals surface area (Å²) in [6.45, 7) is 4.36. The van der Waals surface area contributed by atoms with Gasteiger partial charge in [-0.05, 0) is 36.8 Å². The lowest BCUT2D eigenvalue weighted by Gasteiger charge is -2.20. The second kappa shape index (κ2) is 19.6. The standard InChI is InChI=1S/C36H49Cl4N5O2/c1-2-3-4-5-6-7-8-9-10-11-12-13-14-15-16-17-20-43-21-22-44(36(43)47)28-18-19-29(38)32(25-28)41-33-26-34(46)45(42-33)35-30(39)23-27(37)24-31(35)40/h18-19,23-26,41-42H,2-17,20-22H2,1H3. The van der Waals surface area contributed by atoms with E-state index in [2.05, 4.69) is 17.3 Å². The van der Waals surface area contributed by atoms with Crippen LogP contribution in [0.15, 0.2) is 41.2 Å². The van der Waals surface area contributed by atoms with Crippen LogP contribution in [0, 0.1) is 0 Å². The van der Waals surface area contributed by atoms with Crippen molar-refractivity contribution in [2.24, 2.45) is 0 Å². The van der Waals surface area contributed by atoms with Gasteiger partial charge in [-0.2, -0.15) is 0 Å². The van der Waals surface area contributed by atoms with Gasteiger partial charge in [0.1, 0.15) is 11.5 Å². The highest BCUT2D eigenvalue weighted by Gasteiger charge is 2.29. The van der Waals surface area contributed by atoms with Crippen LogP contribution in [-0.4, -0.2) is 40.3 Å². The van der Waals surface area contributed by atoms with Crippen LogP contribution in [0.2, 0.25) is 20.1 Å². The molecule has 2 N–H and O–H groups in total. The van der Waals surface area contributed by atoms with Crippen LogP contribution in [-0.2, 0) is 0 Å². The second-order valence-corrected chi connectivity index (χ2v) is 14.2. The molecular weight excluding hydrogens is 676 g/mol. The predicted molar refractivity (Wildman–Crippen MR) is 200 cm³/mol. The fourth-order valence-electron chi connectivity index (χ4n) is 6.18. The van der Waals surface area contributed by atoms with Gasteiger partial charge < -0.3 is 10.2 Å². The molecule has 2 aromatic carbocycles. The normalized spacial score (nSPS) is 13.3. The fraction of sp³-hybridized carbons (Fsp3) is 0.556. The molecule has 0 radical (unpaired) electrons. The lowest BCUT2D eigenvalue weighted by Crippen LogP contribution is -2.32. The summed E-state index contributed by atoms with van der Waals surface area (Å²) < 4.78 is 1.24. The predicted octanol–water partition coefficient (Wildman–Crippen LogP) is 12.0. The second-order valence-electron chi connectivity index (χ2n) is 12.6. The van der Waals surface area contributed by atoms with Gasteiger partial charge in [0.05, 0.1) is 20.8 Å². The van der Waals surface area contributed by atoms with Gasteiger partial charge in [-0.25, -0.2) is 9.48 Å². The van der Waals surface area contributed by atoms with Crippen molar-refractivity contribution >= 4 is 69.6 Å². The van der Waals surface area contributed by atoms with E-state index in [-0.39, 0.29) is 21.6 Å². The van der Waals surface area contributed by atoms with E-state index < -0.39 is 0 Å². The number of carbonyl (C=O) groups is 1. The Morgan fingerprint density at radius 2 is 1.23 bits per heavy atom. The summed E-state index contributed by atoms with van der Waals surface area (Å²) in [5.74, 6) is 0.383. The Hall–Kier alpha value is -2.32. The summed E-state index contributed by atoms with van der Waals surface area (Å²) in [4.78, 5) is 29.7.